The van der Waals surface area contributed by atoms with Crippen LogP contribution in [0.3, 0.4) is 0 Å². The van der Waals surface area contributed by atoms with E-state index in [0.717, 1.165) is 5.69 Å². The van der Waals surface area contributed by atoms with Gasteiger partial charge in [-0.25, -0.2) is 9.97 Å². The van der Waals surface area contributed by atoms with Crippen LogP contribution in [0, 0.1) is 0 Å². The summed E-state index contributed by atoms with van der Waals surface area (Å²) in [6.07, 6.45) is 2.53. The number of benzene rings is 1. The minimum Gasteiger partial charge on any atom is -0.382 e. The first-order chi connectivity index (χ1) is 18.0. The minimum atomic E-state index is -0.495. The van der Waals surface area contributed by atoms with Gasteiger partial charge in [0.1, 0.15) is 0 Å². The molecule has 0 fully saturated rings. The van der Waals surface area contributed by atoms with E-state index in [1.165, 1.54) is 0 Å². The van der Waals surface area contributed by atoms with Crippen LogP contribution in [0.2, 0.25) is 0 Å². The lowest BCUT2D eigenvalue weighted by atomic mass is 10.1. The van der Waals surface area contributed by atoms with E-state index in [4.69, 9.17) is 11.5 Å². The quantitative estimate of drug-likeness (QED) is 0.168. The number of aromatic nitrogens is 12. The highest BCUT2D eigenvalue weighted by Crippen LogP contribution is 2.20. The molecule has 4 heterocycles. The Balaban J connectivity index is 1.25. The molecule has 0 saturated heterocycles. The van der Waals surface area contributed by atoms with Gasteiger partial charge in [0.05, 0.1) is 24.5 Å². The number of aryl methyl sites for hydroxylation is 1. The van der Waals surface area contributed by atoms with Crippen molar-refractivity contribution >= 4 is 34.5 Å². The number of tetrazole rings is 2. The Morgan fingerprint density at radius 2 is 1.84 bits per heavy atom. The zero-order valence-corrected chi connectivity index (χ0v) is 19.6. The SMILES string of the molecule is CN(Cc1cnc2nc(N)nc(N)c2n1)c1ccc(C(=O)N[C@@H](CCc2nn[nH]n2)c2nn[nH]n2)cc1. The number of nitrogens with two attached hydrogens (primary N) is 2. The van der Waals surface area contributed by atoms with E-state index in [1.807, 2.05) is 24.1 Å². The highest BCUT2D eigenvalue weighted by molar-refractivity contribution is 5.94. The van der Waals surface area contributed by atoms with Gasteiger partial charge in [-0.3, -0.25) is 4.79 Å². The van der Waals surface area contributed by atoms with Crippen molar-refractivity contribution in [3.63, 3.8) is 0 Å². The molecule has 0 unspecified atom stereocenters. The molecular weight excluding hydrogens is 480 g/mol. The van der Waals surface area contributed by atoms with E-state index in [0.29, 0.717) is 53.5 Å². The van der Waals surface area contributed by atoms with Gasteiger partial charge < -0.3 is 21.7 Å². The minimum absolute atomic E-state index is 0.0453. The second-order valence-corrected chi connectivity index (χ2v) is 8.07. The summed E-state index contributed by atoms with van der Waals surface area (Å²) in [7, 11) is 1.90. The Hall–Kier alpha value is -5.35. The first kappa shape index (κ1) is 23.4. The van der Waals surface area contributed by atoms with Gasteiger partial charge in [0.25, 0.3) is 5.91 Å². The van der Waals surface area contributed by atoms with E-state index in [9.17, 15) is 4.79 Å². The molecule has 1 aromatic carbocycles. The predicted octanol–water partition coefficient (Wildman–Crippen LogP) is -0.649. The summed E-state index contributed by atoms with van der Waals surface area (Å²) in [6.45, 7) is 0.439. The molecule has 4 aromatic heterocycles. The number of amides is 1. The third-order valence-electron chi connectivity index (χ3n) is 5.50. The predicted molar refractivity (Wildman–Crippen MR) is 129 cm³/mol. The summed E-state index contributed by atoms with van der Waals surface area (Å²) in [6, 6.07) is 6.64. The number of nitrogen functional groups attached to an aromatic ring is 2. The van der Waals surface area contributed by atoms with Crippen LogP contribution in [0.5, 0.6) is 0 Å². The largest absolute Gasteiger partial charge is 0.382 e. The Bertz CT molecular complexity index is 1490. The number of hydrogen-bond donors (Lipinski definition) is 5. The highest BCUT2D eigenvalue weighted by Gasteiger charge is 2.21. The van der Waals surface area contributed by atoms with Gasteiger partial charge in [-0.1, -0.05) is 10.4 Å². The molecule has 0 aliphatic heterocycles. The fourth-order valence-corrected chi connectivity index (χ4v) is 3.65. The summed E-state index contributed by atoms with van der Waals surface area (Å²) in [5.74, 6) is 0.812. The van der Waals surface area contributed by atoms with Gasteiger partial charge in [-0.05, 0) is 30.7 Å². The van der Waals surface area contributed by atoms with Crippen LogP contribution in [-0.4, -0.2) is 74.1 Å². The number of hydrogen-bond acceptors (Lipinski definition) is 14. The van der Waals surface area contributed by atoms with Gasteiger partial charge in [0.15, 0.2) is 28.6 Å². The zero-order chi connectivity index (χ0) is 25.8. The lowest BCUT2D eigenvalue weighted by molar-refractivity contribution is 0.0932. The van der Waals surface area contributed by atoms with Crippen LogP contribution in [0.4, 0.5) is 17.5 Å². The van der Waals surface area contributed by atoms with Gasteiger partial charge in [-0.2, -0.15) is 20.4 Å². The Morgan fingerprint density at radius 3 is 2.57 bits per heavy atom. The molecule has 17 heteroatoms. The maximum atomic E-state index is 13.0. The van der Waals surface area contributed by atoms with Crippen LogP contribution in [0.25, 0.3) is 11.2 Å². The second kappa shape index (κ2) is 10.1. The van der Waals surface area contributed by atoms with Crippen LogP contribution in [-0.2, 0) is 13.0 Å². The number of carbonyl (C=O) groups is 1. The second-order valence-electron chi connectivity index (χ2n) is 8.07. The monoisotopic (exact) mass is 502 g/mol. The van der Waals surface area contributed by atoms with E-state index < -0.39 is 6.04 Å². The molecule has 7 N–H and O–H groups in total. The topological polar surface area (TPSA) is 245 Å². The molecule has 37 heavy (non-hydrogen) atoms. The summed E-state index contributed by atoms with van der Waals surface area (Å²) >= 11 is 0. The molecule has 0 radical (unpaired) electrons. The Labute approximate surface area is 208 Å². The van der Waals surface area contributed by atoms with Crippen LogP contribution >= 0.6 is 0 Å². The summed E-state index contributed by atoms with van der Waals surface area (Å²) < 4.78 is 0. The van der Waals surface area contributed by atoms with Crippen molar-refractivity contribution in [2.75, 3.05) is 23.4 Å². The molecular formula is C20H22N16O. The molecule has 188 valence electrons. The molecule has 0 aliphatic carbocycles. The van der Waals surface area contributed by atoms with Crippen molar-refractivity contribution in [3.05, 3.63) is 53.4 Å². The lowest BCUT2D eigenvalue weighted by Crippen LogP contribution is -2.30. The van der Waals surface area contributed by atoms with Crippen molar-refractivity contribution < 1.29 is 4.79 Å². The smallest absolute Gasteiger partial charge is 0.251 e. The maximum Gasteiger partial charge on any atom is 0.251 e. The Morgan fingerprint density at radius 1 is 1.05 bits per heavy atom. The number of nitrogens with zero attached hydrogens (tertiary/aromatic N) is 11. The van der Waals surface area contributed by atoms with Crippen molar-refractivity contribution in [2.24, 2.45) is 0 Å². The van der Waals surface area contributed by atoms with Gasteiger partial charge >= 0.3 is 0 Å². The number of nitrogens with one attached hydrogen (secondary N) is 3. The molecule has 0 bridgehead atoms. The van der Waals surface area contributed by atoms with E-state index in [-0.39, 0.29) is 17.7 Å². The number of fused-ring (bicyclic) bond motifs is 1. The van der Waals surface area contributed by atoms with Gasteiger partial charge in [0.2, 0.25) is 5.95 Å². The molecule has 5 rings (SSSR count). The average Bonchev–Trinajstić information content (AvgIpc) is 3.62. The van der Waals surface area contributed by atoms with Crippen LogP contribution < -0.4 is 21.7 Å². The molecule has 0 spiro atoms. The van der Waals surface area contributed by atoms with Gasteiger partial charge in [-0.15, -0.1) is 20.4 Å². The number of anilines is 3. The highest BCUT2D eigenvalue weighted by atomic mass is 16.1. The maximum absolute atomic E-state index is 13.0. The van der Waals surface area contributed by atoms with E-state index in [1.54, 1.807) is 18.3 Å². The summed E-state index contributed by atoms with van der Waals surface area (Å²) in [4.78, 5) is 31.7. The number of H-pyrrole nitrogens is 2. The third-order valence-corrected chi connectivity index (χ3v) is 5.50. The average molecular weight is 503 g/mol. The molecule has 0 saturated carbocycles. The van der Waals surface area contributed by atoms with E-state index >= 15 is 0 Å². The number of aromatic amines is 2. The van der Waals surface area contributed by atoms with Crippen LogP contribution in [0.15, 0.2) is 30.5 Å². The number of rotatable bonds is 9. The molecule has 5 aromatic rings. The molecule has 1 atom stereocenters. The van der Waals surface area contributed by atoms with Crippen LogP contribution in [0.1, 0.15) is 40.2 Å². The molecule has 0 aliphatic rings. The first-order valence-electron chi connectivity index (χ1n) is 11.1. The molecule has 1 amide bonds. The van der Waals surface area contributed by atoms with E-state index in [2.05, 4.69) is 66.5 Å². The Kier molecular flexibility index (Phi) is 6.39. The fourth-order valence-electron chi connectivity index (χ4n) is 3.65. The zero-order valence-electron chi connectivity index (χ0n) is 19.6. The summed E-state index contributed by atoms with van der Waals surface area (Å²) in [5, 5.41) is 30.7. The lowest BCUT2D eigenvalue weighted by Gasteiger charge is -2.19. The molecule has 17 nitrogen and oxygen atoms in total. The van der Waals surface area contributed by atoms with Crippen molar-refractivity contribution in [1.29, 1.82) is 0 Å². The van der Waals surface area contributed by atoms with Crippen molar-refractivity contribution in [3.8, 4) is 0 Å². The van der Waals surface area contributed by atoms with Gasteiger partial charge in [0, 0.05) is 24.7 Å². The first-order valence-corrected chi connectivity index (χ1v) is 11.1. The van der Waals surface area contributed by atoms with Crippen molar-refractivity contribution in [1.82, 2.24) is 66.5 Å². The normalized spacial score (nSPS) is 11.9. The van der Waals surface area contributed by atoms with Crippen molar-refractivity contribution in [2.45, 2.75) is 25.4 Å². The standard InChI is InChI=1S/C20H22N16O/c1-36(9-11-8-23-18-15(24-11)16(21)26-20(22)27-18)12-4-2-10(3-5-12)19(37)25-13(17-30-34-35-31-17)6-7-14-28-32-33-29-14/h2-5,8,13H,6-7,9H2,1H3,(H,25,37)(H,28,29,32,33)(H,30,31,34,35)(H4,21,22,23,26,27)/t13-/m0/s1. The summed E-state index contributed by atoms with van der Waals surface area (Å²) in [5.41, 5.74) is 14.3. The number of carbonyl (C=O) groups excluding carboxylic acids is 1. The fraction of sp³-hybridized carbons (Fsp3) is 0.250. The third kappa shape index (κ3) is 5.34.